The Morgan fingerprint density at radius 1 is 0.724 bits per heavy atom. The summed E-state index contributed by atoms with van der Waals surface area (Å²) >= 11 is 0. The first-order valence-electron chi connectivity index (χ1n) is 8.76. The number of carboxylic acids is 2. The molecule has 152 valence electrons. The molecule has 0 saturated carbocycles. The highest BCUT2D eigenvalue weighted by Crippen LogP contribution is 2.22. The van der Waals surface area contributed by atoms with Gasteiger partial charge >= 0.3 is 23.9 Å². The van der Waals surface area contributed by atoms with Crippen molar-refractivity contribution in [2.24, 2.45) is 0 Å². The van der Waals surface area contributed by atoms with Gasteiger partial charge in [-0.25, -0.2) is 9.59 Å². The van der Waals surface area contributed by atoms with E-state index in [0.717, 1.165) is 0 Å². The number of esters is 2. The maximum absolute atomic E-state index is 11.9. The van der Waals surface area contributed by atoms with Crippen molar-refractivity contribution in [2.75, 3.05) is 0 Å². The van der Waals surface area contributed by atoms with Gasteiger partial charge in [-0.15, -0.1) is 0 Å². The number of carbonyl (C=O) groups is 4. The minimum Gasteiger partial charge on any atom is -0.478 e. The van der Waals surface area contributed by atoms with Gasteiger partial charge in [-0.2, -0.15) is 0 Å². The van der Waals surface area contributed by atoms with Crippen LogP contribution < -0.4 is 9.47 Å². The van der Waals surface area contributed by atoms with E-state index in [1.807, 2.05) is 0 Å². The second kappa shape index (κ2) is 9.50. The normalized spacial score (nSPS) is 10.3. The summed E-state index contributed by atoms with van der Waals surface area (Å²) in [7, 11) is 0. The maximum Gasteiger partial charge on any atom is 0.339 e. The molecule has 2 N–H and O–H groups in total. The van der Waals surface area contributed by atoms with Gasteiger partial charge < -0.3 is 19.7 Å². The first-order valence-corrected chi connectivity index (χ1v) is 8.76. The standard InChI is InChI=1S/C21H20O8/c1-12-6-8-16(14(10-12)20(24)25)28-18(22)4-3-5-19(23)29-17-9-7-13(2)11-15(17)21(26)27/h6-11H,3-5H2,1-2H3,(H,24,25)(H,26,27). The minimum atomic E-state index is -1.22. The van der Waals surface area contributed by atoms with E-state index < -0.39 is 23.9 Å². The lowest BCUT2D eigenvalue weighted by atomic mass is 10.1. The van der Waals surface area contributed by atoms with Crippen LogP contribution in [0.3, 0.4) is 0 Å². The van der Waals surface area contributed by atoms with E-state index in [1.54, 1.807) is 26.0 Å². The number of hydrogen-bond donors (Lipinski definition) is 2. The topological polar surface area (TPSA) is 127 Å². The van der Waals surface area contributed by atoms with Crippen molar-refractivity contribution in [3.8, 4) is 11.5 Å². The lowest BCUT2D eigenvalue weighted by Gasteiger charge is -2.09. The average Bonchev–Trinajstić information content (AvgIpc) is 2.64. The van der Waals surface area contributed by atoms with Crippen molar-refractivity contribution in [3.05, 3.63) is 58.7 Å². The fourth-order valence-corrected chi connectivity index (χ4v) is 2.52. The van der Waals surface area contributed by atoms with E-state index >= 15 is 0 Å². The van der Waals surface area contributed by atoms with Crippen LogP contribution in [0.25, 0.3) is 0 Å². The number of ether oxygens (including phenoxy) is 2. The Labute approximate surface area is 166 Å². The van der Waals surface area contributed by atoms with E-state index in [2.05, 4.69) is 0 Å². The molecule has 0 fully saturated rings. The highest BCUT2D eigenvalue weighted by molar-refractivity contribution is 5.93. The molecule has 0 aliphatic heterocycles. The summed E-state index contributed by atoms with van der Waals surface area (Å²) in [4.78, 5) is 46.4. The van der Waals surface area contributed by atoms with Crippen molar-refractivity contribution in [3.63, 3.8) is 0 Å². The van der Waals surface area contributed by atoms with E-state index in [0.29, 0.717) is 11.1 Å². The molecule has 2 aromatic rings. The fraction of sp³-hybridized carbons (Fsp3) is 0.238. The first-order chi connectivity index (χ1) is 13.7. The van der Waals surface area contributed by atoms with Gasteiger partial charge in [-0.3, -0.25) is 9.59 Å². The summed E-state index contributed by atoms with van der Waals surface area (Å²) in [5.74, 6) is -3.95. The van der Waals surface area contributed by atoms with Crippen LogP contribution >= 0.6 is 0 Å². The van der Waals surface area contributed by atoms with Crippen molar-refractivity contribution < 1.29 is 38.9 Å². The quantitative estimate of drug-likeness (QED) is 0.510. The third-order valence-electron chi connectivity index (χ3n) is 3.94. The predicted molar refractivity (Wildman–Crippen MR) is 101 cm³/mol. The molecule has 2 aromatic carbocycles. The molecule has 0 unspecified atom stereocenters. The number of carboxylic acid groups (broad SMARTS) is 2. The molecule has 29 heavy (non-hydrogen) atoms. The summed E-state index contributed by atoms with van der Waals surface area (Å²) in [5, 5.41) is 18.4. The van der Waals surface area contributed by atoms with Crippen LogP contribution in [-0.4, -0.2) is 34.1 Å². The van der Waals surface area contributed by atoms with Gasteiger partial charge in [0.2, 0.25) is 0 Å². The molecule has 0 aliphatic rings. The van der Waals surface area contributed by atoms with Crippen LogP contribution in [0.5, 0.6) is 11.5 Å². The first kappa shape index (κ1) is 21.6. The molecular weight excluding hydrogens is 380 g/mol. The molecule has 8 heteroatoms. The summed E-state index contributed by atoms with van der Waals surface area (Å²) in [5.41, 5.74) is 1.17. The highest BCUT2D eigenvalue weighted by atomic mass is 16.5. The van der Waals surface area contributed by atoms with Gasteiger partial charge in [0.05, 0.1) is 0 Å². The largest absolute Gasteiger partial charge is 0.478 e. The SMILES string of the molecule is Cc1ccc(OC(=O)CCCC(=O)Oc2ccc(C)cc2C(=O)O)c(C(=O)O)c1. The minimum absolute atomic E-state index is 0.0681. The Morgan fingerprint density at radius 3 is 1.45 bits per heavy atom. The maximum atomic E-state index is 11.9. The van der Waals surface area contributed by atoms with E-state index in [-0.39, 0.29) is 41.9 Å². The number of aryl methyl sites for hydroxylation is 2. The summed E-state index contributed by atoms with van der Waals surface area (Å²) in [6, 6.07) is 8.82. The van der Waals surface area contributed by atoms with Crippen LogP contribution in [0.2, 0.25) is 0 Å². The van der Waals surface area contributed by atoms with Crippen LogP contribution in [0.1, 0.15) is 51.1 Å². The van der Waals surface area contributed by atoms with E-state index in [4.69, 9.17) is 9.47 Å². The predicted octanol–water partition coefficient (Wildman–Crippen LogP) is 3.38. The van der Waals surface area contributed by atoms with Crippen molar-refractivity contribution in [1.82, 2.24) is 0 Å². The zero-order chi connectivity index (χ0) is 21.6. The van der Waals surface area contributed by atoms with Gasteiger partial charge in [0.1, 0.15) is 22.6 Å². The Hall–Kier alpha value is -3.68. The molecule has 0 radical (unpaired) electrons. The Balaban J connectivity index is 1.89. The molecule has 0 spiro atoms. The zero-order valence-electron chi connectivity index (χ0n) is 15.9. The van der Waals surface area contributed by atoms with Gasteiger partial charge in [0, 0.05) is 12.8 Å². The summed E-state index contributed by atoms with van der Waals surface area (Å²) in [6.45, 7) is 3.43. The van der Waals surface area contributed by atoms with Crippen LogP contribution in [0, 0.1) is 13.8 Å². The van der Waals surface area contributed by atoms with Crippen molar-refractivity contribution in [2.45, 2.75) is 33.1 Å². The van der Waals surface area contributed by atoms with Crippen LogP contribution in [-0.2, 0) is 9.59 Å². The Morgan fingerprint density at radius 2 is 1.10 bits per heavy atom. The van der Waals surface area contributed by atoms with E-state index in [9.17, 15) is 29.4 Å². The second-order valence-corrected chi connectivity index (χ2v) is 6.41. The van der Waals surface area contributed by atoms with Gasteiger partial charge in [0.25, 0.3) is 0 Å². The molecule has 0 atom stereocenters. The summed E-state index contributed by atoms with van der Waals surface area (Å²) in [6.07, 6.45) is -0.177. The molecule has 0 bridgehead atoms. The molecule has 0 aliphatic carbocycles. The molecular formula is C21H20O8. The Kier molecular flexibility index (Phi) is 7.08. The molecule has 0 saturated heterocycles. The lowest BCUT2D eigenvalue weighted by Crippen LogP contribution is -2.14. The fourth-order valence-electron chi connectivity index (χ4n) is 2.52. The molecule has 2 rings (SSSR count). The molecule has 0 aromatic heterocycles. The van der Waals surface area contributed by atoms with Crippen LogP contribution in [0.4, 0.5) is 0 Å². The van der Waals surface area contributed by atoms with Crippen molar-refractivity contribution in [1.29, 1.82) is 0 Å². The average molecular weight is 400 g/mol. The number of aromatic carboxylic acids is 2. The molecule has 0 heterocycles. The lowest BCUT2D eigenvalue weighted by molar-refractivity contribution is -0.136. The monoisotopic (exact) mass is 400 g/mol. The zero-order valence-corrected chi connectivity index (χ0v) is 15.9. The number of benzene rings is 2. The van der Waals surface area contributed by atoms with Crippen LogP contribution in [0.15, 0.2) is 36.4 Å². The second-order valence-electron chi connectivity index (χ2n) is 6.41. The van der Waals surface area contributed by atoms with E-state index in [1.165, 1.54) is 24.3 Å². The number of hydrogen-bond acceptors (Lipinski definition) is 6. The highest BCUT2D eigenvalue weighted by Gasteiger charge is 2.17. The van der Waals surface area contributed by atoms with Crippen molar-refractivity contribution >= 4 is 23.9 Å². The third-order valence-corrected chi connectivity index (χ3v) is 3.94. The van der Waals surface area contributed by atoms with Gasteiger partial charge in [-0.1, -0.05) is 23.3 Å². The smallest absolute Gasteiger partial charge is 0.339 e. The van der Waals surface area contributed by atoms with Gasteiger partial charge in [0.15, 0.2) is 0 Å². The number of carbonyl (C=O) groups excluding carboxylic acids is 2. The summed E-state index contributed by atoms with van der Waals surface area (Å²) < 4.78 is 10.2. The molecule has 0 amide bonds. The Bertz CT molecular complexity index is 884. The van der Waals surface area contributed by atoms with Gasteiger partial charge in [-0.05, 0) is 44.5 Å². The number of rotatable bonds is 8. The third kappa shape index (κ3) is 6.17. The molecule has 8 nitrogen and oxygen atoms in total.